The van der Waals surface area contributed by atoms with Gasteiger partial charge in [-0.3, -0.25) is 0 Å². The van der Waals surface area contributed by atoms with E-state index in [4.69, 9.17) is 9.47 Å². The predicted molar refractivity (Wildman–Crippen MR) is 149 cm³/mol. The van der Waals surface area contributed by atoms with Crippen molar-refractivity contribution in [3.8, 4) is 11.5 Å². The second-order valence-corrected chi connectivity index (χ2v) is 9.82. The Morgan fingerprint density at radius 3 is 1.24 bits per heavy atom. The average Bonchev–Trinajstić information content (AvgIpc) is 2.87. The van der Waals surface area contributed by atoms with Crippen molar-refractivity contribution in [1.82, 2.24) is 0 Å². The van der Waals surface area contributed by atoms with Gasteiger partial charge in [0.2, 0.25) is 0 Å². The first-order chi connectivity index (χ1) is 16.7. The molecule has 0 bridgehead atoms. The van der Waals surface area contributed by atoms with Gasteiger partial charge in [0.05, 0.1) is 14.2 Å². The van der Waals surface area contributed by atoms with E-state index in [-0.39, 0.29) is 0 Å². The van der Waals surface area contributed by atoms with Gasteiger partial charge in [0, 0.05) is 0 Å². The SMILES string of the molecule is CCCCCCCCc1c2ccc(OC)cc2c(CCCCCCCC)c2ccc(OC)cc12. The van der Waals surface area contributed by atoms with Gasteiger partial charge < -0.3 is 9.47 Å². The van der Waals surface area contributed by atoms with Crippen molar-refractivity contribution in [2.24, 2.45) is 0 Å². The Hall–Kier alpha value is -2.22. The van der Waals surface area contributed by atoms with Crippen LogP contribution in [0.3, 0.4) is 0 Å². The van der Waals surface area contributed by atoms with Crippen molar-refractivity contribution < 1.29 is 9.47 Å². The highest BCUT2D eigenvalue weighted by Crippen LogP contribution is 2.38. The lowest BCUT2D eigenvalue weighted by Gasteiger charge is -2.19. The number of methoxy groups -OCH3 is 2. The van der Waals surface area contributed by atoms with Crippen molar-refractivity contribution in [3.05, 3.63) is 47.5 Å². The quantitative estimate of drug-likeness (QED) is 0.156. The molecule has 3 aromatic rings. The number of unbranched alkanes of at least 4 members (excludes halogenated alkanes) is 10. The fraction of sp³-hybridized carbons (Fsp3) is 0.562. The standard InChI is InChI=1S/C32H46O2/c1-5-7-9-11-13-15-17-27-29-21-19-26(34-4)24-32(29)28(18-16-14-12-10-8-6-2)30-22-20-25(33-3)23-31(27)30/h19-24H,5-18H2,1-4H3. The van der Waals surface area contributed by atoms with E-state index in [0.717, 1.165) is 24.3 Å². The summed E-state index contributed by atoms with van der Waals surface area (Å²) in [5.74, 6) is 1.91. The van der Waals surface area contributed by atoms with E-state index >= 15 is 0 Å². The number of benzene rings is 3. The molecule has 186 valence electrons. The Balaban J connectivity index is 1.97. The highest BCUT2D eigenvalue weighted by atomic mass is 16.5. The second-order valence-electron chi connectivity index (χ2n) is 9.82. The summed E-state index contributed by atoms with van der Waals surface area (Å²) in [7, 11) is 3.55. The van der Waals surface area contributed by atoms with Crippen molar-refractivity contribution in [2.45, 2.75) is 104 Å². The topological polar surface area (TPSA) is 18.5 Å². The molecule has 0 saturated heterocycles. The third-order valence-electron chi connectivity index (χ3n) is 7.31. The van der Waals surface area contributed by atoms with E-state index in [2.05, 4.69) is 50.2 Å². The number of aryl methyl sites for hydroxylation is 2. The van der Waals surface area contributed by atoms with Crippen LogP contribution in [0.25, 0.3) is 21.5 Å². The Morgan fingerprint density at radius 2 is 0.853 bits per heavy atom. The van der Waals surface area contributed by atoms with E-state index in [0.29, 0.717) is 0 Å². The normalized spacial score (nSPS) is 11.4. The van der Waals surface area contributed by atoms with Crippen LogP contribution in [-0.4, -0.2) is 14.2 Å². The maximum absolute atomic E-state index is 5.65. The minimum absolute atomic E-state index is 0.954. The molecule has 0 radical (unpaired) electrons. The molecule has 0 aromatic heterocycles. The molecule has 0 heterocycles. The fourth-order valence-corrected chi connectivity index (χ4v) is 5.32. The highest BCUT2D eigenvalue weighted by Gasteiger charge is 2.15. The van der Waals surface area contributed by atoms with E-state index in [9.17, 15) is 0 Å². The first-order valence-corrected chi connectivity index (χ1v) is 13.8. The van der Waals surface area contributed by atoms with Crippen molar-refractivity contribution in [3.63, 3.8) is 0 Å². The van der Waals surface area contributed by atoms with Crippen LogP contribution in [0.4, 0.5) is 0 Å². The third kappa shape index (κ3) is 6.90. The van der Waals surface area contributed by atoms with Crippen molar-refractivity contribution in [1.29, 1.82) is 0 Å². The lowest BCUT2D eigenvalue weighted by molar-refractivity contribution is 0.415. The molecule has 0 aliphatic heterocycles. The number of fused-ring (bicyclic) bond motifs is 2. The number of rotatable bonds is 16. The van der Waals surface area contributed by atoms with E-state index in [1.165, 1.54) is 110 Å². The van der Waals surface area contributed by atoms with E-state index < -0.39 is 0 Å². The summed E-state index contributed by atoms with van der Waals surface area (Å²) in [6, 6.07) is 13.4. The summed E-state index contributed by atoms with van der Waals surface area (Å²) in [5, 5.41) is 5.56. The Kier molecular flexibility index (Phi) is 11.1. The molecule has 0 N–H and O–H groups in total. The van der Waals surface area contributed by atoms with Crippen LogP contribution < -0.4 is 9.47 Å². The molecule has 0 amide bonds. The highest BCUT2D eigenvalue weighted by molar-refractivity contribution is 6.06. The number of ether oxygens (including phenoxy) is 2. The summed E-state index contributed by atoms with van der Waals surface area (Å²) in [6.07, 6.45) is 18.1. The molecule has 3 rings (SSSR count). The fourth-order valence-electron chi connectivity index (χ4n) is 5.32. The Labute approximate surface area is 208 Å². The van der Waals surface area contributed by atoms with Gasteiger partial charge in [0.15, 0.2) is 0 Å². The molecule has 0 aliphatic carbocycles. The van der Waals surface area contributed by atoms with Gasteiger partial charge in [-0.15, -0.1) is 0 Å². The van der Waals surface area contributed by atoms with E-state index in [1.54, 1.807) is 14.2 Å². The molecule has 3 aromatic carbocycles. The maximum atomic E-state index is 5.65. The monoisotopic (exact) mass is 462 g/mol. The zero-order valence-electron chi connectivity index (χ0n) is 22.2. The lowest BCUT2D eigenvalue weighted by atomic mass is 9.87. The summed E-state index contributed by atoms with van der Waals surface area (Å²) in [5.41, 5.74) is 2.96. The van der Waals surface area contributed by atoms with Gasteiger partial charge in [-0.1, -0.05) is 90.2 Å². The molecule has 0 spiro atoms. The van der Waals surface area contributed by atoms with Crippen LogP contribution >= 0.6 is 0 Å². The van der Waals surface area contributed by atoms with Crippen LogP contribution in [0, 0.1) is 0 Å². The summed E-state index contributed by atoms with van der Waals surface area (Å²) in [4.78, 5) is 0. The molecule has 2 heteroatoms. The molecular formula is C32H46O2. The maximum Gasteiger partial charge on any atom is 0.119 e. The number of hydrogen-bond acceptors (Lipinski definition) is 2. The van der Waals surface area contributed by atoms with Crippen LogP contribution in [0.5, 0.6) is 11.5 Å². The van der Waals surface area contributed by atoms with Crippen LogP contribution in [0.1, 0.15) is 102 Å². The zero-order chi connectivity index (χ0) is 24.2. The molecule has 0 unspecified atom stereocenters. The lowest BCUT2D eigenvalue weighted by Crippen LogP contribution is -1.99. The molecule has 34 heavy (non-hydrogen) atoms. The Morgan fingerprint density at radius 1 is 0.471 bits per heavy atom. The van der Waals surface area contributed by atoms with Crippen LogP contribution in [0.2, 0.25) is 0 Å². The molecular weight excluding hydrogens is 416 g/mol. The minimum atomic E-state index is 0.954. The molecule has 0 atom stereocenters. The molecule has 2 nitrogen and oxygen atoms in total. The molecule has 0 aliphatic rings. The first kappa shape index (κ1) is 26.4. The van der Waals surface area contributed by atoms with Gasteiger partial charge in [-0.2, -0.15) is 0 Å². The predicted octanol–water partition coefficient (Wildman–Crippen LogP) is 9.82. The van der Waals surface area contributed by atoms with Gasteiger partial charge in [0.25, 0.3) is 0 Å². The van der Waals surface area contributed by atoms with Crippen LogP contribution in [-0.2, 0) is 12.8 Å². The summed E-state index contributed by atoms with van der Waals surface area (Å²) < 4.78 is 11.3. The first-order valence-electron chi connectivity index (χ1n) is 13.8. The largest absolute Gasteiger partial charge is 0.497 e. The molecule has 0 fully saturated rings. The zero-order valence-corrected chi connectivity index (χ0v) is 22.2. The average molecular weight is 463 g/mol. The summed E-state index contributed by atoms with van der Waals surface area (Å²) in [6.45, 7) is 4.57. The van der Waals surface area contributed by atoms with Crippen molar-refractivity contribution in [2.75, 3.05) is 14.2 Å². The van der Waals surface area contributed by atoms with Gasteiger partial charge in [-0.05, 0) is 82.6 Å². The Bertz CT molecular complexity index is 937. The van der Waals surface area contributed by atoms with Gasteiger partial charge in [0.1, 0.15) is 11.5 Å². The van der Waals surface area contributed by atoms with Gasteiger partial charge in [-0.25, -0.2) is 0 Å². The summed E-state index contributed by atoms with van der Waals surface area (Å²) >= 11 is 0. The molecule has 0 saturated carbocycles. The smallest absolute Gasteiger partial charge is 0.119 e. The van der Waals surface area contributed by atoms with Crippen molar-refractivity contribution >= 4 is 21.5 Å². The number of hydrogen-bond donors (Lipinski definition) is 0. The van der Waals surface area contributed by atoms with Crippen LogP contribution in [0.15, 0.2) is 36.4 Å². The van der Waals surface area contributed by atoms with E-state index in [1.807, 2.05) is 0 Å². The minimum Gasteiger partial charge on any atom is -0.497 e. The second kappa shape index (κ2) is 14.2. The third-order valence-corrected chi connectivity index (χ3v) is 7.31. The van der Waals surface area contributed by atoms with Gasteiger partial charge >= 0.3 is 0 Å².